The molecule has 1 aromatic carbocycles. The molecule has 0 aliphatic carbocycles. The van der Waals surface area contributed by atoms with Crippen molar-refractivity contribution in [3.05, 3.63) is 35.2 Å². The molecular formula is C19H25ClN4O2. The second-order valence-electron chi connectivity index (χ2n) is 6.81. The maximum absolute atomic E-state index is 12.3. The molecule has 1 aromatic heterocycles. The highest BCUT2D eigenvalue weighted by Gasteiger charge is 2.29. The number of hydrogen-bond acceptors (Lipinski definition) is 5. The summed E-state index contributed by atoms with van der Waals surface area (Å²) in [5.41, 5.74) is 0.876. The molecule has 140 valence electrons. The molecule has 0 saturated carbocycles. The van der Waals surface area contributed by atoms with Crippen molar-refractivity contribution in [3.8, 4) is 11.4 Å². The van der Waals surface area contributed by atoms with Gasteiger partial charge in [-0.3, -0.25) is 9.69 Å². The number of benzene rings is 1. The van der Waals surface area contributed by atoms with Gasteiger partial charge in [-0.1, -0.05) is 30.6 Å². The molecule has 0 N–H and O–H groups in total. The number of halogens is 1. The smallest absolute Gasteiger partial charge is 0.244 e. The van der Waals surface area contributed by atoms with E-state index >= 15 is 0 Å². The van der Waals surface area contributed by atoms with Crippen LogP contribution in [0, 0.1) is 5.92 Å². The van der Waals surface area contributed by atoms with Crippen molar-refractivity contribution in [2.24, 2.45) is 5.92 Å². The Bertz CT molecular complexity index is 738. The summed E-state index contributed by atoms with van der Waals surface area (Å²) < 4.78 is 5.48. The van der Waals surface area contributed by atoms with E-state index in [9.17, 15) is 4.79 Å². The Kier molecular flexibility index (Phi) is 5.94. The van der Waals surface area contributed by atoms with Crippen LogP contribution < -0.4 is 0 Å². The van der Waals surface area contributed by atoms with Crippen LogP contribution in [-0.4, -0.2) is 52.0 Å². The average Bonchev–Trinajstić information content (AvgIpc) is 3.17. The van der Waals surface area contributed by atoms with Crippen molar-refractivity contribution in [3.63, 3.8) is 0 Å². The van der Waals surface area contributed by atoms with Crippen molar-refractivity contribution in [1.29, 1.82) is 0 Å². The zero-order chi connectivity index (χ0) is 18.7. The maximum Gasteiger partial charge on any atom is 0.244 e. The maximum atomic E-state index is 12.3. The fourth-order valence-electron chi connectivity index (χ4n) is 3.09. The van der Waals surface area contributed by atoms with Gasteiger partial charge < -0.3 is 9.42 Å². The van der Waals surface area contributed by atoms with Crippen molar-refractivity contribution < 1.29 is 9.32 Å². The van der Waals surface area contributed by atoms with E-state index in [2.05, 4.69) is 28.9 Å². The Labute approximate surface area is 159 Å². The van der Waals surface area contributed by atoms with Crippen molar-refractivity contribution in [1.82, 2.24) is 19.9 Å². The number of piperazine rings is 1. The van der Waals surface area contributed by atoms with Crippen LogP contribution in [-0.2, 0) is 4.79 Å². The molecule has 1 aliphatic rings. The summed E-state index contributed by atoms with van der Waals surface area (Å²) >= 11 is 5.92. The Morgan fingerprint density at radius 2 is 1.85 bits per heavy atom. The van der Waals surface area contributed by atoms with Gasteiger partial charge in [0, 0.05) is 42.7 Å². The van der Waals surface area contributed by atoms with Crippen LogP contribution in [0.15, 0.2) is 28.8 Å². The lowest BCUT2D eigenvalue weighted by Gasteiger charge is -2.37. The molecule has 7 heteroatoms. The SMILES string of the molecule is CC[C@H](C)C(=O)N1CCN([C@@H](C)c2nc(-c3ccc(Cl)cc3)no2)CC1. The van der Waals surface area contributed by atoms with Crippen LogP contribution in [0.25, 0.3) is 11.4 Å². The molecule has 0 radical (unpaired) electrons. The third kappa shape index (κ3) is 4.07. The molecule has 26 heavy (non-hydrogen) atoms. The molecule has 0 unspecified atom stereocenters. The molecule has 3 rings (SSSR count). The Balaban J connectivity index is 1.61. The van der Waals surface area contributed by atoms with E-state index in [1.54, 1.807) is 0 Å². The lowest BCUT2D eigenvalue weighted by molar-refractivity contribution is -0.137. The zero-order valence-electron chi connectivity index (χ0n) is 15.5. The van der Waals surface area contributed by atoms with E-state index in [4.69, 9.17) is 16.1 Å². The number of carbonyl (C=O) groups excluding carboxylic acids is 1. The molecule has 1 aliphatic heterocycles. The standard InChI is InChI=1S/C19H25ClN4O2/c1-4-13(2)19(25)24-11-9-23(10-12-24)14(3)18-21-17(22-26-18)15-5-7-16(20)8-6-15/h5-8,13-14H,4,9-12H2,1-3H3/t13-,14-/m0/s1. The Morgan fingerprint density at radius 3 is 2.46 bits per heavy atom. The average molecular weight is 377 g/mol. The van der Waals surface area contributed by atoms with Gasteiger partial charge in [0.1, 0.15) is 0 Å². The summed E-state index contributed by atoms with van der Waals surface area (Å²) in [5.74, 6) is 1.50. The fraction of sp³-hybridized carbons (Fsp3) is 0.526. The number of amides is 1. The highest BCUT2D eigenvalue weighted by atomic mass is 35.5. The normalized spacial score (nSPS) is 17.9. The number of hydrogen-bond donors (Lipinski definition) is 0. The van der Waals surface area contributed by atoms with E-state index in [1.165, 1.54) is 0 Å². The number of nitrogens with zero attached hydrogens (tertiary/aromatic N) is 4. The Hall–Kier alpha value is -1.92. The van der Waals surface area contributed by atoms with Crippen LogP contribution in [0.1, 0.15) is 39.1 Å². The van der Waals surface area contributed by atoms with Gasteiger partial charge in [0.05, 0.1) is 6.04 Å². The fourth-order valence-corrected chi connectivity index (χ4v) is 3.22. The first-order chi connectivity index (χ1) is 12.5. The zero-order valence-corrected chi connectivity index (χ0v) is 16.2. The molecule has 2 heterocycles. The Morgan fingerprint density at radius 1 is 1.19 bits per heavy atom. The van der Waals surface area contributed by atoms with Gasteiger partial charge in [-0.25, -0.2) is 0 Å². The molecule has 6 nitrogen and oxygen atoms in total. The lowest BCUT2D eigenvalue weighted by Crippen LogP contribution is -2.50. The first-order valence-electron chi connectivity index (χ1n) is 9.12. The predicted octanol–water partition coefficient (Wildman–Crippen LogP) is 3.64. The molecule has 1 saturated heterocycles. The van der Waals surface area contributed by atoms with Gasteiger partial charge in [-0.2, -0.15) is 4.98 Å². The molecule has 1 amide bonds. The molecule has 2 aromatic rings. The molecule has 0 spiro atoms. The highest BCUT2D eigenvalue weighted by molar-refractivity contribution is 6.30. The van der Waals surface area contributed by atoms with E-state index in [-0.39, 0.29) is 17.9 Å². The largest absolute Gasteiger partial charge is 0.340 e. The minimum Gasteiger partial charge on any atom is -0.340 e. The number of carbonyl (C=O) groups is 1. The third-order valence-electron chi connectivity index (χ3n) is 5.11. The second-order valence-corrected chi connectivity index (χ2v) is 7.25. The highest BCUT2D eigenvalue weighted by Crippen LogP contribution is 2.24. The van der Waals surface area contributed by atoms with Crippen LogP contribution in [0.2, 0.25) is 5.02 Å². The van der Waals surface area contributed by atoms with Crippen LogP contribution in [0.5, 0.6) is 0 Å². The van der Waals surface area contributed by atoms with Crippen LogP contribution in [0.4, 0.5) is 0 Å². The number of rotatable bonds is 5. The van der Waals surface area contributed by atoms with E-state index < -0.39 is 0 Å². The molecule has 2 atom stereocenters. The van der Waals surface area contributed by atoms with Gasteiger partial charge in [0.15, 0.2) is 0 Å². The lowest BCUT2D eigenvalue weighted by atomic mass is 10.1. The second kappa shape index (κ2) is 8.18. The van der Waals surface area contributed by atoms with Gasteiger partial charge in [0.2, 0.25) is 17.6 Å². The summed E-state index contributed by atoms with van der Waals surface area (Å²) in [5, 5.41) is 4.77. The predicted molar refractivity (Wildman–Crippen MR) is 101 cm³/mol. The monoisotopic (exact) mass is 376 g/mol. The van der Waals surface area contributed by atoms with Gasteiger partial charge in [-0.15, -0.1) is 0 Å². The van der Waals surface area contributed by atoms with E-state index in [0.717, 1.165) is 38.2 Å². The van der Waals surface area contributed by atoms with Gasteiger partial charge >= 0.3 is 0 Å². The topological polar surface area (TPSA) is 62.5 Å². The third-order valence-corrected chi connectivity index (χ3v) is 5.36. The van der Waals surface area contributed by atoms with Crippen LogP contribution in [0.3, 0.4) is 0 Å². The van der Waals surface area contributed by atoms with Crippen molar-refractivity contribution >= 4 is 17.5 Å². The molecule has 1 fully saturated rings. The van der Waals surface area contributed by atoms with E-state index in [1.807, 2.05) is 36.1 Å². The summed E-state index contributed by atoms with van der Waals surface area (Å²) in [7, 11) is 0. The first kappa shape index (κ1) is 18.9. The summed E-state index contributed by atoms with van der Waals surface area (Å²) in [6.07, 6.45) is 0.880. The minimum atomic E-state index is 0.0180. The minimum absolute atomic E-state index is 0.0180. The summed E-state index contributed by atoms with van der Waals surface area (Å²) in [6, 6.07) is 7.39. The van der Waals surface area contributed by atoms with Gasteiger partial charge in [-0.05, 0) is 37.6 Å². The summed E-state index contributed by atoms with van der Waals surface area (Å²) in [4.78, 5) is 21.1. The molecule has 0 bridgehead atoms. The molecular weight excluding hydrogens is 352 g/mol. The van der Waals surface area contributed by atoms with E-state index in [0.29, 0.717) is 16.7 Å². The first-order valence-corrected chi connectivity index (χ1v) is 9.49. The number of aromatic nitrogens is 2. The van der Waals surface area contributed by atoms with Gasteiger partial charge in [0.25, 0.3) is 0 Å². The van der Waals surface area contributed by atoms with Crippen molar-refractivity contribution in [2.45, 2.75) is 33.2 Å². The van der Waals surface area contributed by atoms with Crippen LogP contribution >= 0.6 is 11.6 Å². The van der Waals surface area contributed by atoms with Crippen molar-refractivity contribution in [2.75, 3.05) is 26.2 Å². The summed E-state index contributed by atoms with van der Waals surface area (Å²) in [6.45, 7) is 9.20. The quantitative estimate of drug-likeness (QED) is 0.797.